The summed E-state index contributed by atoms with van der Waals surface area (Å²) in [6, 6.07) is 10.4. The Morgan fingerprint density at radius 1 is 0.468 bits per heavy atom. The van der Waals surface area contributed by atoms with Gasteiger partial charge in [0.1, 0.15) is 0 Å². The van der Waals surface area contributed by atoms with Crippen LogP contribution in [0.3, 0.4) is 0 Å². The molecule has 0 spiro atoms. The SMILES string of the molecule is C[C@H](CO)Nc1nc(NS(=O)(=O)N2CCC2)nc(SCc2cccc(F)c2F)n1.C[C@H](CO)Nc1nc(NS(=O)(=O)N2CCC2)nc(SCc2cccc(F)c2F)n1.C[C@H](CO)Nc1nc(NS(C)(=O)=O)nc(SCc2cccc(F)c2F)n1.NS(=O)(=O)N1CCOCC1. The van der Waals surface area contributed by atoms with E-state index >= 15 is 0 Å². The van der Waals surface area contributed by atoms with E-state index in [-0.39, 0.29) is 111 Å². The Kier molecular flexibility index (Phi) is 29.0. The maximum atomic E-state index is 13.9. The lowest BCUT2D eigenvalue weighted by molar-refractivity contribution is 0.0730. The summed E-state index contributed by atoms with van der Waals surface area (Å²) in [6.45, 7) is 7.72. The molecule has 0 unspecified atom stereocenters. The van der Waals surface area contributed by atoms with E-state index in [9.17, 15) is 70.2 Å². The van der Waals surface area contributed by atoms with Crippen LogP contribution in [0, 0.1) is 34.9 Å². The van der Waals surface area contributed by atoms with E-state index in [1.54, 1.807) is 20.8 Å². The van der Waals surface area contributed by atoms with E-state index in [0.717, 1.165) is 72.6 Å². The summed E-state index contributed by atoms with van der Waals surface area (Å²) in [4.78, 5) is 36.4. The Bertz CT molecular complexity index is 3820. The molecule has 0 saturated carbocycles. The molecular weight excluding hydrogens is 1400 g/mol. The van der Waals surface area contributed by atoms with E-state index in [4.69, 9.17) is 15.0 Å². The molecule has 3 aromatic heterocycles. The Morgan fingerprint density at radius 2 is 0.766 bits per heavy atom. The lowest BCUT2D eigenvalue weighted by Crippen LogP contribution is -2.45. The average Bonchev–Trinajstić information content (AvgIpc) is 0.833. The minimum atomic E-state index is -3.79. The molecule has 44 heteroatoms. The number of halogens is 6. The van der Waals surface area contributed by atoms with E-state index in [2.05, 4.69) is 75.0 Å². The van der Waals surface area contributed by atoms with Gasteiger partial charge in [0.15, 0.2) is 50.4 Å². The first kappa shape index (κ1) is 76.6. The van der Waals surface area contributed by atoms with Crippen molar-refractivity contribution in [3.63, 3.8) is 0 Å². The van der Waals surface area contributed by atoms with Gasteiger partial charge in [-0.05, 0) is 51.8 Å². The number of nitrogens with two attached hydrogens (primary N) is 1. The maximum absolute atomic E-state index is 13.9. The number of hydrogen-bond acceptors (Lipinski definition) is 27. The first-order valence-corrected chi connectivity index (χ1v) is 37.0. The van der Waals surface area contributed by atoms with Crippen molar-refractivity contribution in [2.75, 3.05) is 109 Å². The van der Waals surface area contributed by atoms with Gasteiger partial charge >= 0.3 is 20.4 Å². The van der Waals surface area contributed by atoms with Crippen LogP contribution in [0.2, 0.25) is 0 Å². The zero-order chi connectivity index (χ0) is 69.0. The summed E-state index contributed by atoms with van der Waals surface area (Å²) in [6.07, 6.45) is 2.49. The summed E-state index contributed by atoms with van der Waals surface area (Å²) in [5.41, 5.74) is 0.360. The molecule has 9 rings (SSSR count). The molecule has 3 aliphatic heterocycles. The summed E-state index contributed by atoms with van der Waals surface area (Å²) in [5, 5.41) is 41.1. The third-order valence-electron chi connectivity index (χ3n) is 12.3. The Labute approximate surface area is 550 Å². The van der Waals surface area contributed by atoms with Gasteiger partial charge in [0.2, 0.25) is 45.7 Å². The number of benzene rings is 3. The summed E-state index contributed by atoms with van der Waals surface area (Å²) in [5.74, 6) is -6.18. The van der Waals surface area contributed by atoms with Gasteiger partial charge in [0, 0.05) is 91.3 Å². The average molecular weight is 1460 g/mol. The van der Waals surface area contributed by atoms with Gasteiger partial charge in [-0.15, -0.1) is 0 Å². The van der Waals surface area contributed by atoms with Gasteiger partial charge in [-0.25, -0.2) is 49.3 Å². The van der Waals surface area contributed by atoms with E-state index in [1.165, 1.54) is 49.3 Å². The number of ether oxygens (including phenoxy) is 1. The number of anilines is 6. The molecule has 6 aromatic rings. The van der Waals surface area contributed by atoms with Gasteiger partial charge in [0.05, 0.1) is 39.3 Å². The minimum absolute atomic E-state index is 0.0287. The van der Waals surface area contributed by atoms with Gasteiger partial charge in [0.25, 0.3) is 10.2 Å². The zero-order valence-corrected chi connectivity index (χ0v) is 56.0. The van der Waals surface area contributed by atoms with Crippen LogP contribution in [-0.4, -0.2) is 203 Å². The van der Waals surface area contributed by atoms with Crippen molar-refractivity contribution < 1.29 is 80.1 Å². The van der Waals surface area contributed by atoms with Crippen LogP contribution in [0.4, 0.5) is 62.0 Å². The molecule has 11 N–H and O–H groups in total. The molecule has 3 aliphatic rings. The quantitative estimate of drug-likeness (QED) is 0.0261. The number of aliphatic hydroxyl groups excluding tert-OH is 3. The Hall–Kier alpha value is -6.40. The fourth-order valence-electron chi connectivity index (χ4n) is 7.18. The number of nitrogens with one attached hydrogen (secondary N) is 6. The largest absolute Gasteiger partial charge is 0.394 e. The lowest BCUT2D eigenvalue weighted by Gasteiger charge is -2.29. The van der Waals surface area contributed by atoms with Crippen LogP contribution in [0.15, 0.2) is 70.1 Å². The number of hydrogen-bond donors (Lipinski definition) is 10. The second-order valence-electron chi connectivity index (χ2n) is 20.1. The molecule has 0 radical (unpaired) electrons. The molecule has 3 saturated heterocycles. The predicted octanol–water partition coefficient (Wildman–Crippen LogP) is 3.32. The highest BCUT2D eigenvalue weighted by atomic mass is 32.2. The molecule has 0 bridgehead atoms. The monoisotopic (exact) mass is 1460 g/mol. The molecule has 3 aromatic carbocycles. The van der Waals surface area contributed by atoms with Crippen LogP contribution in [-0.2, 0) is 62.6 Å². The second-order valence-corrected chi connectivity index (χ2v) is 29.6. The van der Waals surface area contributed by atoms with Gasteiger partial charge in [-0.2, -0.15) is 83.0 Å². The molecule has 31 nitrogen and oxygen atoms in total. The first-order chi connectivity index (χ1) is 44.3. The number of sulfonamides is 1. The van der Waals surface area contributed by atoms with Crippen LogP contribution in [0.5, 0.6) is 0 Å². The normalized spacial score (nSPS) is 15.6. The van der Waals surface area contributed by atoms with E-state index in [0.29, 0.717) is 52.5 Å². The number of morpholine rings is 1. The molecule has 6 heterocycles. The second kappa shape index (κ2) is 35.6. The van der Waals surface area contributed by atoms with Gasteiger partial charge in [-0.1, -0.05) is 71.7 Å². The van der Waals surface area contributed by atoms with Crippen molar-refractivity contribution in [3.05, 3.63) is 106 Å². The van der Waals surface area contributed by atoms with Crippen molar-refractivity contribution >= 4 is 112 Å². The van der Waals surface area contributed by atoms with Crippen molar-refractivity contribution in [2.45, 2.75) is 84.5 Å². The topological polar surface area (TPSA) is 430 Å². The standard InChI is InChI=1S/2C16H20F2N6O3S2.C14H17F2N5O3S2.C4H10N2O3S/c2*1-10(8-25)19-14-20-15(23-29(26,27)24-6-3-7-24)22-16(21-14)28-9-11-4-2-5-12(17)13(11)18;1-8(6-22)17-12-18-13(21-26(2,23)24)20-14(19-12)25-7-9-4-3-5-10(15)11(9)16;5-10(7,8)6-1-3-9-4-2-6/h2*2,4-5,10,25H,3,6-9H2,1H3,(H2,19,20,21,22,23);3-5,8,22H,6-7H2,1-2H3,(H2,17,18,19,20,21);1-4H2,(H2,5,7,8)/t2*10-;8-;/m111./s1. The highest BCUT2D eigenvalue weighted by Gasteiger charge is 2.31. The molecule has 3 atom stereocenters. The van der Waals surface area contributed by atoms with E-state index in [1.807, 2.05) is 0 Å². The number of aromatic nitrogens is 9. The lowest BCUT2D eigenvalue weighted by atomic mass is 10.2. The van der Waals surface area contributed by atoms with Crippen LogP contribution < -0.4 is 35.3 Å². The van der Waals surface area contributed by atoms with Crippen molar-refractivity contribution in [1.82, 2.24) is 57.8 Å². The fraction of sp³-hybridized carbons (Fsp3) is 0.460. The molecular formula is C50H67F6N19O12S7. The minimum Gasteiger partial charge on any atom is -0.394 e. The fourth-order valence-corrected chi connectivity index (χ4v) is 13.1. The van der Waals surface area contributed by atoms with Crippen LogP contribution in [0.25, 0.3) is 0 Å². The first-order valence-electron chi connectivity index (χ1n) is 27.8. The number of nitrogens with zero attached hydrogens (tertiary/aromatic N) is 12. The molecule has 0 amide bonds. The smallest absolute Gasteiger partial charge is 0.303 e. The molecule has 94 heavy (non-hydrogen) atoms. The number of aliphatic hydroxyl groups is 3. The van der Waals surface area contributed by atoms with Crippen molar-refractivity contribution in [3.8, 4) is 0 Å². The maximum Gasteiger partial charge on any atom is 0.303 e. The van der Waals surface area contributed by atoms with Gasteiger partial charge < -0.3 is 36.0 Å². The third-order valence-corrected chi connectivity index (χ3v) is 19.6. The number of thioether (sulfide) groups is 3. The zero-order valence-electron chi connectivity index (χ0n) is 50.3. The molecule has 518 valence electrons. The van der Waals surface area contributed by atoms with Crippen molar-refractivity contribution in [2.24, 2.45) is 5.14 Å². The predicted molar refractivity (Wildman–Crippen MR) is 339 cm³/mol. The summed E-state index contributed by atoms with van der Waals surface area (Å²) in [7, 11) is -14.7. The van der Waals surface area contributed by atoms with Crippen molar-refractivity contribution in [1.29, 1.82) is 0 Å². The highest BCUT2D eigenvalue weighted by molar-refractivity contribution is 7.98. The molecule has 0 aliphatic carbocycles. The highest BCUT2D eigenvalue weighted by Crippen LogP contribution is 2.28. The number of rotatable bonds is 27. The van der Waals surface area contributed by atoms with Gasteiger partial charge in [-0.3, -0.25) is 4.72 Å². The van der Waals surface area contributed by atoms with E-state index < -0.39 is 87.6 Å². The summed E-state index contributed by atoms with van der Waals surface area (Å²) >= 11 is 2.97. The van der Waals surface area contributed by atoms with Crippen LogP contribution >= 0.6 is 35.3 Å². The Balaban J connectivity index is 0.000000208. The Morgan fingerprint density at radius 3 is 1.02 bits per heavy atom. The van der Waals surface area contributed by atoms with Crippen LogP contribution in [0.1, 0.15) is 50.3 Å². The summed E-state index contributed by atoms with van der Waals surface area (Å²) < 4.78 is 190. The molecule has 3 fully saturated rings. The third kappa shape index (κ3) is 24.7.